The Kier molecular flexibility index (Phi) is 4.25. The van der Waals surface area contributed by atoms with Gasteiger partial charge in [-0.3, -0.25) is 4.79 Å². The van der Waals surface area contributed by atoms with Crippen LogP contribution in [0.25, 0.3) is 0 Å². The van der Waals surface area contributed by atoms with Gasteiger partial charge < -0.3 is 14.7 Å². The summed E-state index contributed by atoms with van der Waals surface area (Å²) in [6.45, 7) is 4.29. The van der Waals surface area contributed by atoms with Gasteiger partial charge in [0, 0.05) is 0 Å². The number of carboxylic acids is 1. The van der Waals surface area contributed by atoms with Crippen molar-refractivity contribution in [3.8, 4) is 5.75 Å². The predicted octanol–water partition coefficient (Wildman–Crippen LogP) is 3.34. The molecule has 1 heterocycles. The molecule has 24 heavy (non-hydrogen) atoms. The Labute approximate surface area is 140 Å². The van der Waals surface area contributed by atoms with Crippen molar-refractivity contribution in [2.75, 3.05) is 4.90 Å². The third-order valence-electron chi connectivity index (χ3n) is 4.07. The van der Waals surface area contributed by atoms with Crippen molar-refractivity contribution < 1.29 is 19.4 Å². The molecule has 0 radical (unpaired) electrons. The predicted molar refractivity (Wildman–Crippen MR) is 90.3 cm³/mol. The molecule has 0 aromatic heterocycles. The average Bonchev–Trinajstić information content (AvgIpc) is 2.57. The van der Waals surface area contributed by atoms with Crippen molar-refractivity contribution in [2.45, 2.75) is 26.5 Å². The maximum absolute atomic E-state index is 12.8. The zero-order chi connectivity index (χ0) is 17.3. The van der Waals surface area contributed by atoms with Crippen molar-refractivity contribution in [2.24, 2.45) is 5.92 Å². The average molecular weight is 325 g/mol. The first-order chi connectivity index (χ1) is 11.5. The molecular formula is C19H19NO4. The first kappa shape index (κ1) is 16.1. The molecule has 2 aromatic carbocycles. The van der Waals surface area contributed by atoms with E-state index in [0.717, 1.165) is 11.3 Å². The van der Waals surface area contributed by atoms with Gasteiger partial charge in [0.05, 0.1) is 17.8 Å². The highest BCUT2D eigenvalue weighted by Crippen LogP contribution is 2.36. The molecule has 1 aliphatic rings. The lowest BCUT2D eigenvalue weighted by atomic mass is 10.0. The van der Waals surface area contributed by atoms with E-state index in [1.807, 2.05) is 38.1 Å². The molecule has 1 amide bonds. The van der Waals surface area contributed by atoms with Crippen LogP contribution in [0.4, 0.5) is 5.69 Å². The van der Waals surface area contributed by atoms with Gasteiger partial charge in [-0.25, -0.2) is 4.79 Å². The minimum absolute atomic E-state index is 0.0581. The molecule has 0 saturated heterocycles. The fourth-order valence-corrected chi connectivity index (χ4v) is 2.76. The fourth-order valence-electron chi connectivity index (χ4n) is 2.76. The number of anilines is 1. The van der Waals surface area contributed by atoms with Gasteiger partial charge in [-0.05, 0) is 35.7 Å². The van der Waals surface area contributed by atoms with E-state index in [-0.39, 0.29) is 17.4 Å². The van der Waals surface area contributed by atoms with E-state index in [1.54, 1.807) is 29.2 Å². The van der Waals surface area contributed by atoms with Crippen LogP contribution in [0, 0.1) is 5.92 Å². The molecule has 1 unspecified atom stereocenters. The standard InChI is InChI=1S/C19H19NO4/c1-12(2)17-18(21)20(15-5-3-4-6-16(15)24-17)11-13-7-9-14(10-8-13)19(22)23/h3-10,12,17H,11H2,1-2H3,(H,22,23). The SMILES string of the molecule is CC(C)C1Oc2ccccc2N(Cc2ccc(C(=O)O)cc2)C1=O. The van der Waals surface area contributed by atoms with Gasteiger partial charge in [0.2, 0.25) is 0 Å². The van der Waals surface area contributed by atoms with E-state index in [2.05, 4.69) is 0 Å². The van der Waals surface area contributed by atoms with Crippen LogP contribution >= 0.6 is 0 Å². The van der Waals surface area contributed by atoms with Crippen molar-refractivity contribution >= 4 is 17.6 Å². The lowest BCUT2D eigenvalue weighted by Gasteiger charge is -2.36. The first-order valence-electron chi connectivity index (χ1n) is 7.86. The second-order valence-corrected chi connectivity index (χ2v) is 6.18. The van der Waals surface area contributed by atoms with Gasteiger partial charge in [0.25, 0.3) is 5.91 Å². The van der Waals surface area contributed by atoms with Gasteiger partial charge in [-0.2, -0.15) is 0 Å². The van der Waals surface area contributed by atoms with Crippen LogP contribution in [0.1, 0.15) is 29.8 Å². The molecule has 1 atom stereocenters. The monoisotopic (exact) mass is 325 g/mol. The molecule has 3 rings (SSSR count). The Morgan fingerprint density at radius 1 is 1.17 bits per heavy atom. The normalized spacial score (nSPS) is 16.7. The number of para-hydroxylation sites is 2. The quantitative estimate of drug-likeness (QED) is 0.936. The number of benzene rings is 2. The number of hydrogen-bond donors (Lipinski definition) is 1. The van der Waals surface area contributed by atoms with E-state index in [9.17, 15) is 9.59 Å². The lowest BCUT2D eigenvalue weighted by molar-refractivity contribution is -0.128. The summed E-state index contributed by atoms with van der Waals surface area (Å²) < 4.78 is 5.86. The topological polar surface area (TPSA) is 66.8 Å². The molecule has 1 N–H and O–H groups in total. The number of carbonyl (C=O) groups excluding carboxylic acids is 1. The molecule has 5 nitrogen and oxygen atoms in total. The van der Waals surface area contributed by atoms with Crippen molar-refractivity contribution in [1.29, 1.82) is 0 Å². The maximum Gasteiger partial charge on any atom is 0.335 e. The number of rotatable bonds is 4. The summed E-state index contributed by atoms with van der Waals surface area (Å²) in [5.74, 6) is -0.291. The Morgan fingerprint density at radius 3 is 2.46 bits per heavy atom. The first-order valence-corrected chi connectivity index (χ1v) is 7.86. The minimum Gasteiger partial charge on any atom is -0.478 e. The molecule has 0 spiro atoms. The van der Waals surface area contributed by atoms with Gasteiger partial charge in [0.15, 0.2) is 6.10 Å². The molecular weight excluding hydrogens is 306 g/mol. The summed E-state index contributed by atoms with van der Waals surface area (Å²) in [6, 6.07) is 14.0. The van der Waals surface area contributed by atoms with Gasteiger partial charge in [-0.1, -0.05) is 38.1 Å². The summed E-state index contributed by atoms with van der Waals surface area (Å²) in [7, 11) is 0. The van der Waals surface area contributed by atoms with E-state index < -0.39 is 12.1 Å². The van der Waals surface area contributed by atoms with Crippen LogP contribution in [0.2, 0.25) is 0 Å². The summed E-state index contributed by atoms with van der Waals surface area (Å²) in [6.07, 6.45) is -0.516. The number of fused-ring (bicyclic) bond motifs is 1. The molecule has 2 aromatic rings. The van der Waals surface area contributed by atoms with E-state index in [1.165, 1.54) is 0 Å². The highest BCUT2D eigenvalue weighted by atomic mass is 16.5. The van der Waals surface area contributed by atoms with Crippen molar-refractivity contribution in [3.05, 3.63) is 59.7 Å². The summed E-state index contributed by atoms with van der Waals surface area (Å²) >= 11 is 0. The van der Waals surface area contributed by atoms with E-state index in [4.69, 9.17) is 9.84 Å². The van der Waals surface area contributed by atoms with Gasteiger partial charge in [0.1, 0.15) is 5.75 Å². The van der Waals surface area contributed by atoms with Crippen LogP contribution in [-0.2, 0) is 11.3 Å². The highest BCUT2D eigenvalue weighted by molar-refractivity contribution is 6.00. The number of carbonyl (C=O) groups is 2. The van der Waals surface area contributed by atoms with E-state index in [0.29, 0.717) is 12.3 Å². The van der Waals surface area contributed by atoms with E-state index >= 15 is 0 Å². The molecule has 1 aliphatic heterocycles. The highest BCUT2D eigenvalue weighted by Gasteiger charge is 2.36. The van der Waals surface area contributed by atoms with Gasteiger partial charge in [-0.15, -0.1) is 0 Å². The largest absolute Gasteiger partial charge is 0.478 e. The molecule has 0 fully saturated rings. The zero-order valence-corrected chi connectivity index (χ0v) is 13.6. The number of aromatic carboxylic acids is 1. The van der Waals surface area contributed by atoms with Crippen LogP contribution < -0.4 is 9.64 Å². The molecule has 0 saturated carbocycles. The van der Waals surface area contributed by atoms with Crippen LogP contribution in [0.15, 0.2) is 48.5 Å². The molecule has 0 bridgehead atoms. The van der Waals surface area contributed by atoms with Gasteiger partial charge >= 0.3 is 5.97 Å². The molecule has 5 heteroatoms. The molecule has 124 valence electrons. The number of ether oxygens (including phenoxy) is 1. The van der Waals surface area contributed by atoms with Crippen LogP contribution in [0.3, 0.4) is 0 Å². The fraction of sp³-hybridized carbons (Fsp3) is 0.263. The number of hydrogen-bond acceptors (Lipinski definition) is 3. The maximum atomic E-state index is 12.8. The lowest BCUT2D eigenvalue weighted by Crippen LogP contribution is -2.47. The second kappa shape index (κ2) is 6.35. The number of amides is 1. The Bertz CT molecular complexity index is 767. The number of carboxylic acid groups (broad SMARTS) is 1. The smallest absolute Gasteiger partial charge is 0.335 e. The van der Waals surface area contributed by atoms with Crippen LogP contribution in [0.5, 0.6) is 5.75 Å². The Balaban J connectivity index is 1.92. The summed E-state index contributed by atoms with van der Waals surface area (Å²) in [5.41, 5.74) is 1.83. The third kappa shape index (κ3) is 2.97. The summed E-state index contributed by atoms with van der Waals surface area (Å²) in [4.78, 5) is 25.5. The zero-order valence-electron chi connectivity index (χ0n) is 13.6. The molecule has 0 aliphatic carbocycles. The Hall–Kier alpha value is -2.82. The second-order valence-electron chi connectivity index (χ2n) is 6.18. The van der Waals surface area contributed by atoms with Crippen molar-refractivity contribution in [3.63, 3.8) is 0 Å². The van der Waals surface area contributed by atoms with Crippen LogP contribution in [-0.4, -0.2) is 23.1 Å². The summed E-state index contributed by atoms with van der Waals surface area (Å²) in [5, 5.41) is 8.98. The van der Waals surface area contributed by atoms with Crippen molar-refractivity contribution in [1.82, 2.24) is 0 Å². The third-order valence-corrected chi connectivity index (χ3v) is 4.07. The number of nitrogens with zero attached hydrogens (tertiary/aromatic N) is 1. The Morgan fingerprint density at radius 2 is 1.83 bits per heavy atom. The minimum atomic E-state index is -0.964.